The number of nitrogens with one attached hydrogen (secondary N) is 2. The summed E-state index contributed by atoms with van der Waals surface area (Å²) in [4.78, 5) is 38.0. The highest BCUT2D eigenvalue weighted by Crippen LogP contribution is 2.24. The van der Waals surface area contributed by atoms with Gasteiger partial charge in [-0.1, -0.05) is 30.3 Å². The predicted molar refractivity (Wildman–Crippen MR) is 143 cm³/mol. The van der Waals surface area contributed by atoms with Crippen LogP contribution < -0.4 is 15.4 Å². The van der Waals surface area contributed by atoms with E-state index in [1.807, 2.05) is 54.7 Å². The van der Waals surface area contributed by atoms with E-state index in [-0.39, 0.29) is 12.3 Å². The number of methoxy groups -OCH3 is 1. The van der Waals surface area contributed by atoms with Gasteiger partial charge in [-0.25, -0.2) is 0 Å². The topological polar surface area (TPSA) is 119 Å². The zero-order valence-electron chi connectivity index (χ0n) is 21.7. The lowest BCUT2D eigenvalue weighted by Gasteiger charge is -2.22. The molecule has 2 amide bonds. The Morgan fingerprint density at radius 3 is 2.74 bits per heavy atom. The van der Waals surface area contributed by atoms with Crippen molar-refractivity contribution in [1.82, 2.24) is 15.2 Å². The molecule has 0 radical (unpaired) electrons. The Bertz CT molecular complexity index is 1250. The molecule has 0 spiro atoms. The fourth-order valence-electron chi connectivity index (χ4n) is 4.91. The van der Waals surface area contributed by atoms with Crippen LogP contribution in [0.2, 0.25) is 0 Å². The molecule has 1 aliphatic rings. The lowest BCUT2D eigenvalue weighted by Crippen LogP contribution is -2.50. The second-order valence-electron chi connectivity index (χ2n) is 9.57. The van der Waals surface area contributed by atoms with Crippen LogP contribution in [0.25, 0.3) is 10.9 Å². The standard InChI is InChI=1S/C29H35N3O6/c1-37-23-11-9-20(10-12-23)5-4-6-21(18-27(33)34)28(35)31-25-17-22-19-32(26-8-3-2-7-24(22)26)14-16-38-15-13-30-29(25)36/h2-3,7-12,19,21,25H,4-6,13-18H2,1H3,(H,30,36)(H,31,35)(H,33,34)/t21-,25?/m1/s1. The number of para-hydroxylation sites is 1. The highest BCUT2D eigenvalue weighted by atomic mass is 16.5. The molecule has 9 heteroatoms. The van der Waals surface area contributed by atoms with Crippen molar-refractivity contribution >= 4 is 28.7 Å². The lowest BCUT2D eigenvalue weighted by atomic mass is 9.94. The summed E-state index contributed by atoms with van der Waals surface area (Å²) in [5.74, 6) is -1.76. The van der Waals surface area contributed by atoms with Crippen LogP contribution in [0.5, 0.6) is 5.75 Å². The summed E-state index contributed by atoms with van der Waals surface area (Å²) < 4.78 is 13.0. The van der Waals surface area contributed by atoms with Crippen LogP contribution in [-0.4, -0.2) is 60.4 Å². The number of aryl methyl sites for hydroxylation is 1. The average molecular weight is 522 g/mol. The van der Waals surface area contributed by atoms with Crippen LogP contribution >= 0.6 is 0 Å². The van der Waals surface area contributed by atoms with Gasteiger partial charge >= 0.3 is 5.97 Å². The molecule has 9 nitrogen and oxygen atoms in total. The number of ether oxygens (including phenoxy) is 2. The second kappa shape index (κ2) is 13.1. The van der Waals surface area contributed by atoms with Crippen LogP contribution in [0.15, 0.2) is 54.7 Å². The molecule has 0 saturated carbocycles. The van der Waals surface area contributed by atoms with E-state index in [2.05, 4.69) is 15.2 Å². The summed E-state index contributed by atoms with van der Waals surface area (Å²) in [6, 6.07) is 14.8. The van der Waals surface area contributed by atoms with Crippen molar-refractivity contribution in [2.75, 3.05) is 26.9 Å². The number of hydrogen-bond donors (Lipinski definition) is 3. The van der Waals surface area contributed by atoms with Crippen molar-refractivity contribution in [2.24, 2.45) is 5.92 Å². The number of carboxylic acid groups (broad SMARTS) is 1. The first-order valence-corrected chi connectivity index (χ1v) is 13.0. The number of nitrogens with zero attached hydrogens (tertiary/aromatic N) is 1. The molecule has 4 rings (SSSR count). The molecular weight excluding hydrogens is 486 g/mol. The van der Waals surface area contributed by atoms with Crippen molar-refractivity contribution in [2.45, 2.75) is 44.7 Å². The zero-order chi connectivity index (χ0) is 26.9. The largest absolute Gasteiger partial charge is 0.497 e. The minimum atomic E-state index is -1.04. The molecule has 1 aromatic heterocycles. The molecule has 202 valence electrons. The number of aromatic nitrogens is 1. The molecule has 0 saturated heterocycles. The highest BCUT2D eigenvalue weighted by molar-refractivity contribution is 5.91. The van der Waals surface area contributed by atoms with Gasteiger partial charge in [0.2, 0.25) is 11.8 Å². The Balaban J connectivity index is 1.48. The van der Waals surface area contributed by atoms with Gasteiger partial charge in [0.1, 0.15) is 11.8 Å². The van der Waals surface area contributed by atoms with E-state index in [0.29, 0.717) is 52.0 Å². The summed E-state index contributed by atoms with van der Waals surface area (Å²) in [5, 5.41) is 16.2. The molecule has 0 fully saturated rings. The molecule has 3 N–H and O–H groups in total. The minimum absolute atomic E-state index is 0.296. The molecule has 3 aromatic rings. The Labute approximate surface area is 222 Å². The fraction of sp³-hybridized carbons (Fsp3) is 0.414. The Hall–Kier alpha value is -3.85. The van der Waals surface area contributed by atoms with E-state index in [1.54, 1.807) is 7.11 Å². The van der Waals surface area contributed by atoms with Crippen molar-refractivity contribution in [3.8, 4) is 5.75 Å². The van der Waals surface area contributed by atoms with E-state index in [9.17, 15) is 19.5 Å². The summed E-state index contributed by atoms with van der Waals surface area (Å²) in [6.07, 6.45) is 3.75. The molecule has 2 aromatic carbocycles. The van der Waals surface area contributed by atoms with Crippen molar-refractivity contribution in [3.05, 3.63) is 65.9 Å². The third-order valence-corrected chi connectivity index (χ3v) is 6.92. The highest BCUT2D eigenvalue weighted by Gasteiger charge is 2.28. The molecule has 0 aliphatic carbocycles. The van der Waals surface area contributed by atoms with Crippen molar-refractivity contribution in [1.29, 1.82) is 0 Å². The summed E-state index contributed by atoms with van der Waals surface area (Å²) in [7, 11) is 1.61. The zero-order valence-corrected chi connectivity index (χ0v) is 21.7. The summed E-state index contributed by atoms with van der Waals surface area (Å²) >= 11 is 0. The van der Waals surface area contributed by atoms with Gasteiger partial charge in [-0.3, -0.25) is 14.4 Å². The van der Waals surface area contributed by atoms with Crippen molar-refractivity contribution < 1.29 is 29.0 Å². The van der Waals surface area contributed by atoms with Gasteiger partial charge in [0.25, 0.3) is 0 Å². The summed E-state index contributed by atoms with van der Waals surface area (Å²) in [5.41, 5.74) is 3.06. The molecule has 38 heavy (non-hydrogen) atoms. The lowest BCUT2D eigenvalue weighted by molar-refractivity contribution is -0.141. The molecule has 1 aliphatic heterocycles. The minimum Gasteiger partial charge on any atom is -0.497 e. The maximum absolute atomic E-state index is 13.3. The van der Waals surface area contributed by atoms with E-state index < -0.39 is 23.8 Å². The van der Waals surface area contributed by atoms with Crippen LogP contribution in [-0.2, 0) is 38.5 Å². The van der Waals surface area contributed by atoms with Gasteiger partial charge < -0.3 is 29.8 Å². The normalized spacial score (nSPS) is 17.1. The third-order valence-electron chi connectivity index (χ3n) is 6.92. The Morgan fingerprint density at radius 1 is 1.18 bits per heavy atom. The van der Waals surface area contributed by atoms with Gasteiger partial charge in [-0.05, 0) is 48.6 Å². The first-order chi connectivity index (χ1) is 18.4. The van der Waals surface area contributed by atoms with Gasteiger partial charge in [0.05, 0.1) is 26.7 Å². The number of hydrogen-bond acceptors (Lipinski definition) is 5. The van der Waals surface area contributed by atoms with E-state index >= 15 is 0 Å². The van der Waals surface area contributed by atoms with Gasteiger partial charge in [0.15, 0.2) is 0 Å². The number of aliphatic carboxylic acids is 1. The number of carbonyl (C=O) groups is 3. The monoisotopic (exact) mass is 521 g/mol. The number of fused-ring (bicyclic) bond motifs is 5. The van der Waals surface area contributed by atoms with E-state index in [1.165, 1.54) is 0 Å². The fourth-order valence-corrected chi connectivity index (χ4v) is 4.91. The molecule has 2 heterocycles. The van der Waals surface area contributed by atoms with E-state index in [4.69, 9.17) is 9.47 Å². The molecule has 2 atom stereocenters. The second-order valence-corrected chi connectivity index (χ2v) is 9.57. The number of amides is 2. The van der Waals surface area contributed by atoms with Crippen LogP contribution in [0, 0.1) is 5.92 Å². The van der Waals surface area contributed by atoms with E-state index in [0.717, 1.165) is 27.8 Å². The maximum Gasteiger partial charge on any atom is 0.304 e. The summed E-state index contributed by atoms with van der Waals surface area (Å²) in [6.45, 7) is 1.91. The number of benzene rings is 2. The first-order valence-electron chi connectivity index (χ1n) is 13.0. The van der Waals surface area contributed by atoms with Gasteiger partial charge in [-0.2, -0.15) is 0 Å². The number of carboxylic acids is 1. The predicted octanol–water partition coefficient (Wildman–Crippen LogP) is 2.94. The average Bonchev–Trinajstić information content (AvgIpc) is 3.26. The van der Waals surface area contributed by atoms with Crippen LogP contribution in [0.4, 0.5) is 0 Å². The third kappa shape index (κ3) is 7.13. The number of carbonyl (C=O) groups excluding carboxylic acids is 2. The number of rotatable bonds is 9. The smallest absolute Gasteiger partial charge is 0.304 e. The van der Waals surface area contributed by atoms with Crippen LogP contribution in [0.3, 0.4) is 0 Å². The van der Waals surface area contributed by atoms with Gasteiger partial charge in [-0.15, -0.1) is 0 Å². The van der Waals surface area contributed by atoms with Crippen molar-refractivity contribution in [3.63, 3.8) is 0 Å². The molecule has 1 unspecified atom stereocenters. The Kier molecular flexibility index (Phi) is 9.37. The molecule has 2 bridgehead atoms. The van der Waals surface area contributed by atoms with Crippen LogP contribution in [0.1, 0.15) is 30.4 Å². The maximum atomic E-state index is 13.3. The molecular formula is C29H35N3O6. The van der Waals surface area contributed by atoms with Gasteiger partial charge in [0, 0.05) is 42.5 Å². The quantitative estimate of drug-likeness (QED) is 0.398. The Morgan fingerprint density at radius 2 is 1.97 bits per heavy atom. The SMILES string of the molecule is COc1ccc(CCC[C@H](CC(=O)O)C(=O)NC2Cc3cn(c4ccccc34)CCOCCNC2=O)cc1. The first kappa shape index (κ1) is 27.2.